The molecule has 0 aliphatic heterocycles. The smallest absolute Gasteiger partial charge is 0.303 e. The number of carboxylic acid groups (broad SMARTS) is 1. The van der Waals surface area contributed by atoms with Crippen LogP contribution in [0.5, 0.6) is 0 Å². The number of carboxylic acids is 1. The molecule has 0 aliphatic carbocycles. The van der Waals surface area contributed by atoms with Crippen molar-refractivity contribution in [3.63, 3.8) is 0 Å². The van der Waals surface area contributed by atoms with Crippen molar-refractivity contribution in [2.45, 2.75) is 75.7 Å². The van der Waals surface area contributed by atoms with Gasteiger partial charge in [0.2, 0.25) is 23.6 Å². The van der Waals surface area contributed by atoms with Gasteiger partial charge in [-0.15, -0.1) is 0 Å². The van der Waals surface area contributed by atoms with Gasteiger partial charge < -0.3 is 47.7 Å². The number of hydrogen-bond donors (Lipinski definition) is 8. The number of amides is 4. The van der Waals surface area contributed by atoms with Crippen LogP contribution in [0.2, 0.25) is 0 Å². The van der Waals surface area contributed by atoms with Crippen molar-refractivity contribution in [2.75, 3.05) is 25.2 Å². The number of nitrogens with one attached hydrogen (secondary N) is 4. The van der Waals surface area contributed by atoms with E-state index in [-0.39, 0.29) is 25.7 Å². The van der Waals surface area contributed by atoms with E-state index in [4.69, 9.17) is 21.7 Å². The quantitative estimate of drug-likeness (QED) is 0.0571. The van der Waals surface area contributed by atoms with E-state index < -0.39 is 66.4 Å². The summed E-state index contributed by atoms with van der Waals surface area (Å²) < 4.78 is 0. The van der Waals surface area contributed by atoms with Gasteiger partial charge in [0.25, 0.3) is 0 Å². The maximum atomic E-state index is 12.8. The van der Waals surface area contributed by atoms with E-state index in [1.165, 1.54) is 18.7 Å². The molecule has 0 bridgehead atoms. The van der Waals surface area contributed by atoms with Crippen molar-refractivity contribution in [2.24, 2.45) is 11.5 Å². The summed E-state index contributed by atoms with van der Waals surface area (Å²) >= 11 is 1.44. The van der Waals surface area contributed by atoms with Crippen molar-refractivity contribution < 1.29 is 39.0 Å². The SMILES string of the molecule is CSCC[C@H](NC(=O)[C@@H](N)CO)C(=O)N[C@@H](C)C(=O)N[C@@H](CCCCN)C(=O)N[C@H](C=O)CCC(=O)O. The van der Waals surface area contributed by atoms with E-state index in [0.717, 1.165) is 0 Å². The molecule has 0 unspecified atom stereocenters. The van der Waals surface area contributed by atoms with Crippen LogP contribution in [-0.4, -0.2) is 101 Å². The first kappa shape index (κ1) is 34.2. The predicted molar refractivity (Wildman–Crippen MR) is 137 cm³/mol. The number of nitrogens with two attached hydrogens (primary N) is 2. The molecule has 0 aliphatic rings. The maximum absolute atomic E-state index is 12.8. The maximum Gasteiger partial charge on any atom is 0.303 e. The summed E-state index contributed by atoms with van der Waals surface area (Å²) in [4.78, 5) is 72.3. The number of aliphatic carboxylic acids is 1. The molecule has 0 radical (unpaired) electrons. The fourth-order valence-electron chi connectivity index (χ4n) is 3.04. The minimum atomic E-state index is -1.20. The van der Waals surface area contributed by atoms with Crippen LogP contribution in [0.1, 0.15) is 45.4 Å². The Morgan fingerprint density at radius 1 is 0.892 bits per heavy atom. The first-order valence-corrected chi connectivity index (χ1v) is 13.3. The molecule has 10 N–H and O–H groups in total. The number of rotatable bonds is 20. The van der Waals surface area contributed by atoms with Gasteiger partial charge in [-0.2, -0.15) is 11.8 Å². The topological polar surface area (TPSA) is 243 Å². The summed E-state index contributed by atoms with van der Waals surface area (Å²) in [5.74, 6) is -3.31. The Labute approximate surface area is 220 Å². The highest BCUT2D eigenvalue weighted by molar-refractivity contribution is 7.98. The third-order valence-electron chi connectivity index (χ3n) is 5.27. The number of aliphatic hydroxyl groups excluding tert-OH is 1. The number of unbranched alkanes of at least 4 members (excludes halogenated alkanes) is 1. The second-order valence-corrected chi connectivity index (χ2v) is 9.38. The molecule has 0 rings (SSSR count). The van der Waals surface area contributed by atoms with E-state index in [0.29, 0.717) is 31.4 Å². The Balaban J connectivity index is 5.29. The monoisotopic (exact) mass is 548 g/mol. The fraction of sp³-hybridized carbons (Fsp3) is 0.727. The first-order valence-electron chi connectivity index (χ1n) is 11.9. The summed E-state index contributed by atoms with van der Waals surface area (Å²) in [7, 11) is 0. The van der Waals surface area contributed by atoms with Crippen molar-refractivity contribution in [3.8, 4) is 0 Å². The minimum absolute atomic E-state index is 0.108. The molecule has 0 aromatic carbocycles. The van der Waals surface area contributed by atoms with Crippen LogP contribution >= 0.6 is 11.8 Å². The molecule has 0 saturated heterocycles. The molecular weight excluding hydrogens is 508 g/mol. The van der Waals surface area contributed by atoms with Crippen molar-refractivity contribution in [1.29, 1.82) is 0 Å². The van der Waals surface area contributed by atoms with E-state index in [1.807, 2.05) is 6.26 Å². The van der Waals surface area contributed by atoms with Gasteiger partial charge in [-0.05, 0) is 57.6 Å². The lowest BCUT2D eigenvalue weighted by Gasteiger charge is -2.24. The third-order valence-corrected chi connectivity index (χ3v) is 5.91. The van der Waals surface area contributed by atoms with E-state index in [1.54, 1.807) is 0 Å². The second kappa shape index (κ2) is 19.4. The standard InChI is InChI=1S/C22H40N6O8S/c1-13(25-21(35)17(8-10-37-2)28-20(34)15(24)12-30)19(33)27-16(5-3-4-9-23)22(36)26-14(11-29)6-7-18(31)32/h11,13-17,30H,3-10,12,23-24H2,1-2H3,(H,25,35)(H,26,36)(H,27,33)(H,28,34)(H,31,32)/t13-,14-,15-,16-,17-/m0/s1. The molecule has 0 heterocycles. The Morgan fingerprint density at radius 2 is 1.49 bits per heavy atom. The number of aldehydes is 1. The van der Waals surface area contributed by atoms with Gasteiger partial charge in [0, 0.05) is 6.42 Å². The third kappa shape index (κ3) is 14.5. The number of carbonyl (C=O) groups is 6. The van der Waals surface area contributed by atoms with Gasteiger partial charge in [0.05, 0.1) is 12.6 Å². The number of carbonyl (C=O) groups excluding carboxylic acids is 5. The number of aliphatic hydroxyl groups is 1. The average Bonchev–Trinajstić information content (AvgIpc) is 2.86. The molecule has 37 heavy (non-hydrogen) atoms. The van der Waals surface area contributed by atoms with E-state index >= 15 is 0 Å². The Hall–Kier alpha value is -2.75. The highest BCUT2D eigenvalue weighted by Gasteiger charge is 2.28. The van der Waals surface area contributed by atoms with E-state index in [9.17, 15) is 28.8 Å². The molecule has 0 spiro atoms. The highest BCUT2D eigenvalue weighted by atomic mass is 32.2. The normalized spacial score (nSPS) is 14.8. The van der Waals surface area contributed by atoms with Crippen molar-refractivity contribution >= 4 is 47.6 Å². The van der Waals surface area contributed by atoms with Gasteiger partial charge in [0.15, 0.2) is 0 Å². The molecule has 15 heteroatoms. The molecule has 212 valence electrons. The average molecular weight is 549 g/mol. The number of hydrogen-bond acceptors (Lipinski definition) is 10. The predicted octanol–water partition coefficient (Wildman–Crippen LogP) is -2.79. The van der Waals surface area contributed by atoms with Gasteiger partial charge in [-0.3, -0.25) is 24.0 Å². The van der Waals surface area contributed by atoms with Crippen LogP contribution in [0, 0.1) is 0 Å². The highest BCUT2D eigenvalue weighted by Crippen LogP contribution is 2.05. The zero-order valence-corrected chi connectivity index (χ0v) is 22.1. The zero-order chi connectivity index (χ0) is 28.4. The Morgan fingerprint density at radius 3 is 2.03 bits per heavy atom. The molecule has 4 amide bonds. The summed E-state index contributed by atoms with van der Waals surface area (Å²) in [5, 5.41) is 27.8. The van der Waals surface area contributed by atoms with Crippen LogP contribution in [0.4, 0.5) is 0 Å². The van der Waals surface area contributed by atoms with Crippen molar-refractivity contribution in [1.82, 2.24) is 21.3 Å². The summed E-state index contributed by atoms with van der Waals surface area (Å²) in [5.41, 5.74) is 11.0. The van der Waals surface area contributed by atoms with Crippen LogP contribution in [-0.2, 0) is 28.8 Å². The molecule has 0 aromatic rings. The lowest BCUT2D eigenvalue weighted by Crippen LogP contribution is -2.57. The summed E-state index contributed by atoms with van der Waals surface area (Å²) in [6.07, 6.45) is 3.33. The lowest BCUT2D eigenvalue weighted by molar-refractivity contribution is -0.137. The van der Waals surface area contributed by atoms with Crippen LogP contribution in [0.15, 0.2) is 0 Å². The Bertz CT molecular complexity index is 771. The second-order valence-electron chi connectivity index (χ2n) is 8.39. The van der Waals surface area contributed by atoms with Gasteiger partial charge in [-0.25, -0.2) is 0 Å². The first-order chi connectivity index (χ1) is 17.5. The van der Waals surface area contributed by atoms with Crippen LogP contribution in [0.25, 0.3) is 0 Å². The summed E-state index contributed by atoms with van der Waals surface area (Å²) in [6.45, 7) is 1.17. The largest absolute Gasteiger partial charge is 0.481 e. The minimum Gasteiger partial charge on any atom is -0.481 e. The van der Waals surface area contributed by atoms with Gasteiger partial charge >= 0.3 is 5.97 Å². The van der Waals surface area contributed by atoms with E-state index in [2.05, 4.69) is 21.3 Å². The summed E-state index contributed by atoms with van der Waals surface area (Å²) in [6, 6.07) is -5.39. The lowest BCUT2D eigenvalue weighted by atomic mass is 10.1. The van der Waals surface area contributed by atoms with Gasteiger partial charge in [-0.1, -0.05) is 0 Å². The van der Waals surface area contributed by atoms with Crippen LogP contribution < -0.4 is 32.7 Å². The van der Waals surface area contributed by atoms with Crippen molar-refractivity contribution in [3.05, 3.63) is 0 Å². The van der Waals surface area contributed by atoms with Crippen LogP contribution in [0.3, 0.4) is 0 Å². The molecule has 14 nitrogen and oxygen atoms in total. The molecule has 0 fully saturated rings. The number of thioether (sulfide) groups is 1. The molecule has 5 atom stereocenters. The van der Waals surface area contributed by atoms with Gasteiger partial charge in [0.1, 0.15) is 30.5 Å². The zero-order valence-electron chi connectivity index (χ0n) is 21.2. The molecule has 0 saturated carbocycles. The molecular formula is C22H40N6O8S. The molecule has 0 aromatic heterocycles. The fourth-order valence-corrected chi connectivity index (χ4v) is 3.51. The Kier molecular flexibility index (Phi) is 17.9.